The summed E-state index contributed by atoms with van der Waals surface area (Å²) in [5.74, 6) is -0.274. The van der Waals surface area contributed by atoms with E-state index in [-0.39, 0.29) is 28.0 Å². The molecular weight excluding hydrogens is 212 g/mol. The molecule has 0 aromatic rings. The molecule has 15 heavy (non-hydrogen) atoms. The van der Waals surface area contributed by atoms with Crippen LogP contribution in [0.5, 0.6) is 0 Å². The van der Waals surface area contributed by atoms with Crippen molar-refractivity contribution in [3.05, 3.63) is 0 Å². The number of nitrogens with two attached hydrogens (primary N) is 1. The molecule has 0 aromatic heterocycles. The number of hydrogen-bond donors (Lipinski definition) is 3. The second kappa shape index (κ2) is 3.96. The maximum Gasteiger partial charge on any atom is 0.239 e. The van der Waals surface area contributed by atoms with Crippen molar-refractivity contribution in [2.45, 2.75) is 49.3 Å². The molecule has 0 aromatic carbocycles. The Hall–Kier alpha value is -0.260. The van der Waals surface area contributed by atoms with Crippen molar-refractivity contribution in [1.82, 2.24) is 5.32 Å². The largest absolute Gasteiger partial charge is 0.394 e. The summed E-state index contributed by atoms with van der Waals surface area (Å²) < 4.78 is 0.0721. The Morgan fingerprint density at radius 3 is 2.27 bits per heavy atom. The zero-order valence-electron chi connectivity index (χ0n) is 9.70. The highest BCUT2D eigenvalue weighted by Gasteiger charge is 2.54. The Balaban J connectivity index is 2.61. The number of carbonyl (C=O) groups excluding carboxylic acids is 1. The van der Waals surface area contributed by atoms with Gasteiger partial charge in [-0.15, -0.1) is 11.8 Å². The van der Waals surface area contributed by atoms with Crippen LogP contribution in [0.1, 0.15) is 27.7 Å². The summed E-state index contributed by atoms with van der Waals surface area (Å²) in [6.07, 6.45) is 0. The number of thioether (sulfide) groups is 1. The molecule has 1 atom stereocenters. The molecule has 1 fully saturated rings. The third kappa shape index (κ3) is 2.46. The molecule has 1 rings (SSSR count). The lowest BCUT2D eigenvalue weighted by Gasteiger charge is -2.56. The molecular formula is C10H20N2O2S. The summed E-state index contributed by atoms with van der Waals surface area (Å²) in [5.41, 5.74) is 5.45. The van der Waals surface area contributed by atoms with Crippen LogP contribution in [0.4, 0.5) is 0 Å². The van der Waals surface area contributed by atoms with Gasteiger partial charge in [0.1, 0.15) is 6.04 Å². The average Bonchev–Trinajstić information content (AvgIpc) is 2.10. The van der Waals surface area contributed by atoms with Crippen LogP contribution in [0.2, 0.25) is 0 Å². The van der Waals surface area contributed by atoms with Crippen molar-refractivity contribution in [1.29, 1.82) is 0 Å². The maximum absolute atomic E-state index is 11.5. The molecule has 1 unspecified atom stereocenters. The number of amides is 1. The molecule has 1 saturated heterocycles. The van der Waals surface area contributed by atoms with Gasteiger partial charge >= 0.3 is 0 Å². The second-order valence-corrected chi connectivity index (χ2v) is 7.35. The van der Waals surface area contributed by atoms with Gasteiger partial charge in [-0.1, -0.05) is 0 Å². The number of nitrogens with one attached hydrogen (secondary N) is 1. The van der Waals surface area contributed by atoms with E-state index < -0.39 is 6.04 Å². The van der Waals surface area contributed by atoms with Gasteiger partial charge in [0.25, 0.3) is 0 Å². The number of carbonyl (C=O) groups is 1. The molecule has 1 aliphatic rings. The van der Waals surface area contributed by atoms with Gasteiger partial charge < -0.3 is 16.2 Å². The topological polar surface area (TPSA) is 75.4 Å². The first-order valence-corrected chi connectivity index (χ1v) is 5.89. The van der Waals surface area contributed by atoms with Crippen molar-refractivity contribution in [3.8, 4) is 0 Å². The van der Waals surface area contributed by atoms with Crippen LogP contribution < -0.4 is 11.1 Å². The smallest absolute Gasteiger partial charge is 0.239 e. The number of aliphatic hydroxyl groups excluding tert-OH is 1. The molecule has 1 amide bonds. The number of hydrogen-bond acceptors (Lipinski definition) is 4. The summed E-state index contributed by atoms with van der Waals surface area (Å²) in [7, 11) is 0. The van der Waals surface area contributed by atoms with Crippen LogP contribution in [0.15, 0.2) is 0 Å². The predicted molar refractivity (Wildman–Crippen MR) is 62.7 cm³/mol. The summed E-state index contributed by atoms with van der Waals surface area (Å²) in [6, 6.07) is -0.720. The summed E-state index contributed by atoms with van der Waals surface area (Å²) >= 11 is 1.84. The molecule has 0 saturated carbocycles. The van der Waals surface area contributed by atoms with Crippen molar-refractivity contribution in [2.24, 2.45) is 5.73 Å². The van der Waals surface area contributed by atoms with E-state index in [0.717, 1.165) is 0 Å². The van der Waals surface area contributed by atoms with Crippen LogP contribution in [-0.2, 0) is 4.79 Å². The van der Waals surface area contributed by atoms with Crippen LogP contribution in [-0.4, -0.2) is 39.2 Å². The fourth-order valence-electron chi connectivity index (χ4n) is 2.25. The number of rotatable bonds is 3. The quantitative estimate of drug-likeness (QED) is 0.645. The fraction of sp³-hybridized carbons (Fsp3) is 0.900. The van der Waals surface area contributed by atoms with E-state index in [1.807, 2.05) is 11.8 Å². The van der Waals surface area contributed by atoms with E-state index in [2.05, 4.69) is 33.0 Å². The van der Waals surface area contributed by atoms with Crippen molar-refractivity contribution in [3.63, 3.8) is 0 Å². The van der Waals surface area contributed by atoms with Crippen molar-refractivity contribution in [2.75, 3.05) is 6.61 Å². The zero-order chi connectivity index (χ0) is 11.9. The molecule has 1 aliphatic heterocycles. The Morgan fingerprint density at radius 1 is 1.47 bits per heavy atom. The van der Waals surface area contributed by atoms with E-state index in [0.29, 0.717) is 0 Å². The minimum Gasteiger partial charge on any atom is -0.394 e. The van der Waals surface area contributed by atoms with Crippen LogP contribution in [0.3, 0.4) is 0 Å². The molecule has 0 radical (unpaired) electrons. The fourth-order valence-corrected chi connectivity index (χ4v) is 4.37. The van der Waals surface area contributed by atoms with Gasteiger partial charge in [0.15, 0.2) is 0 Å². The zero-order valence-corrected chi connectivity index (χ0v) is 10.5. The summed E-state index contributed by atoms with van der Waals surface area (Å²) in [5, 5.41) is 11.7. The molecule has 4 N–H and O–H groups in total. The maximum atomic E-state index is 11.5. The van der Waals surface area contributed by atoms with Gasteiger partial charge in [-0.2, -0.15) is 0 Å². The Labute approximate surface area is 95.0 Å². The van der Waals surface area contributed by atoms with Gasteiger partial charge in [0, 0.05) is 9.49 Å². The Morgan fingerprint density at radius 2 is 1.93 bits per heavy atom. The Kier molecular flexibility index (Phi) is 3.38. The lowest BCUT2D eigenvalue weighted by molar-refractivity contribution is -0.124. The van der Waals surface area contributed by atoms with Crippen molar-refractivity contribution < 1.29 is 9.90 Å². The average molecular weight is 232 g/mol. The van der Waals surface area contributed by atoms with Crippen molar-refractivity contribution >= 4 is 17.7 Å². The molecule has 1 heterocycles. The molecule has 88 valence electrons. The SMILES string of the molecule is CC1(C)SC(C)(C)C1NC(=O)C(N)CO. The molecule has 0 bridgehead atoms. The van der Waals surface area contributed by atoms with Gasteiger partial charge in [-0.3, -0.25) is 4.79 Å². The van der Waals surface area contributed by atoms with Crippen LogP contribution in [0.25, 0.3) is 0 Å². The highest BCUT2D eigenvalue weighted by molar-refractivity contribution is 8.03. The summed E-state index contributed by atoms with van der Waals surface area (Å²) in [6.45, 7) is 8.07. The van der Waals surface area contributed by atoms with Gasteiger partial charge in [0.2, 0.25) is 5.91 Å². The first-order valence-electron chi connectivity index (χ1n) is 5.07. The Bertz CT molecular complexity index is 252. The number of aliphatic hydroxyl groups is 1. The lowest BCUT2D eigenvalue weighted by Crippen LogP contribution is -2.68. The third-order valence-corrected chi connectivity index (χ3v) is 4.26. The second-order valence-electron chi connectivity index (χ2n) is 5.04. The monoisotopic (exact) mass is 232 g/mol. The first-order chi connectivity index (χ1) is 6.70. The molecule has 5 heteroatoms. The standard InChI is InChI=1S/C10H20N2O2S/c1-9(2)8(10(3,4)15-9)12-7(14)6(11)5-13/h6,8,13H,5,11H2,1-4H3,(H,12,14). The van der Waals surface area contributed by atoms with Crippen LogP contribution in [0, 0.1) is 0 Å². The molecule has 0 spiro atoms. The third-order valence-electron chi connectivity index (χ3n) is 2.74. The highest BCUT2D eigenvalue weighted by Crippen LogP contribution is 2.54. The minimum atomic E-state index is -0.817. The van der Waals surface area contributed by atoms with Gasteiger partial charge in [0.05, 0.1) is 12.6 Å². The molecule has 4 nitrogen and oxygen atoms in total. The summed E-state index contributed by atoms with van der Waals surface area (Å²) in [4.78, 5) is 11.5. The van der Waals surface area contributed by atoms with E-state index in [9.17, 15) is 4.79 Å². The highest BCUT2D eigenvalue weighted by atomic mass is 32.2. The first kappa shape index (κ1) is 12.8. The van der Waals surface area contributed by atoms with E-state index in [4.69, 9.17) is 10.8 Å². The lowest BCUT2D eigenvalue weighted by atomic mass is 9.89. The van der Waals surface area contributed by atoms with Crippen LogP contribution >= 0.6 is 11.8 Å². The van der Waals surface area contributed by atoms with E-state index >= 15 is 0 Å². The minimum absolute atomic E-state index is 0.0360. The predicted octanol–water partition coefficient (Wildman–Crippen LogP) is 0.0948. The van der Waals surface area contributed by atoms with Gasteiger partial charge in [-0.05, 0) is 27.7 Å². The normalized spacial score (nSPS) is 25.5. The molecule has 0 aliphatic carbocycles. The van der Waals surface area contributed by atoms with Gasteiger partial charge in [-0.25, -0.2) is 0 Å². The van der Waals surface area contributed by atoms with E-state index in [1.54, 1.807) is 0 Å². The van der Waals surface area contributed by atoms with E-state index in [1.165, 1.54) is 0 Å².